The van der Waals surface area contributed by atoms with Crippen molar-refractivity contribution in [2.75, 3.05) is 13.9 Å². The summed E-state index contributed by atoms with van der Waals surface area (Å²) in [4.78, 5) is 11.4. The van der Waals surface area contributed by atoms with Gasteiger partial charge >= 0.3 is 0 Å². The van der Waals surface area contributed by atoms with Crippen LogP contribution in [-0.2, 0) is 0 Å². The van der Waals surface area contributed by atoms with Crippen molar-refractivity contribution in [3.8, 4) is 23.1 Å². The second kappa shape index (κ2) is 4.45. The third-order valence-electron chi connectivity index (χ3n) is 3.25. The van der Waals surface area contributed by atoms with Gasteiger partial charge < -0.3 is 19.2 Å². The molecule has 0 atom stereocenters. The molecule has 8 heteroatoms. The summed E-state index contributed by atoms with van der Waals surface area (Å²) in [6.07, 6.45) is 1.44. The zero-order valence-electron chi connectivity index (χ0n) is 11.0. The molecule has 0 spiro atoms. The van der Waals surface area contributed by atoms with Crippen LogP contribution in [0.1, 0.15) is 0 Å². The molecule has 0 radical (unpaired) electrons. The fourth-order valence-corrected chi connectivity index (χ4v) is 2.61. The number of fused-ring (bicyclic) bond motifs is 2. The van der Waals surface area contributed by atoms with E-state index in [2.05, 4.69) is 15.0 Å². The molecule has 0 amide bonds. The van der Waals surface area contributed by atoms with Crippen LogP contribution in [0.5, 0.6) is 17.4 Å². The van der Waals surface area contributed by atoms with Gasteiger partial charge in [0.25, 0.3) is 0 Å². The zero-order valence-corrected chi connectivity index (χ0v) is 11.8. The van der Waals surface area contributed by atoms with Gasteiger partial charge in [0, 0.05) is 6.07 Å². The van der Waals surface area contributed by atoms with Crippen molar-refractivity contribution in [2.24, 2.45) is 0 Å². The van der Waals surface area contributed by atoms with Gasteiger partial charge in [-0.15, -0.1) is 0 Å². The molecule has 3 aromatic rings. The number of nitrogens with one attached hydrogen (secondary N) is 1. The average molecular weight is 302 g/mol. The van der Waals surface area contributed by atoms with Crippen LogP contribution < -0.4 is 14.2 Å². The Morgan fingerprint density at radius 2 is 2.14 bits per heavy atom. The van der Waals surface area contributed by atoms with E-state index in [-0.39, 0.29) is 6.79 Å². The summed E-state index contributed by atoms with van der Waals surface area (Å²) in [5.74, 6) is 1.85. The summed E-state index contributed by atoms with van der Waals surface area (Å²) >= 11 is 5.38. The Kier molecular flexibility index (Phi) is 2.58. The van der Waals surface area contributed by atoms with Gasteiger partial charge in [-0.05, 0) is 24.4 Å². The van der Waals surface area contributed by atoms with Crippen LogP contribution >= 0.6 is 12.2 Å². The smallest absolute Gasteiger partial charge is 0.242 e. The standard InChI is InChI=1S/C13H10N4O3S/c1-18-12-10-11(14-5-15-12)17(13(21)16-10)7-2-3-8-9(4-7)20-6-19-8/h2-5H,6H2,1H3,(H,16,21). The third-order valence-corrected chi connectivity index (χ3v) is 3.53. The highest BCUT2D eigenvalue weighted by atomic mass is 32.1. The topological polar surface area (TPSA) is 74.2 Å². The van der Waals surface area contributed by atoms with Gasteiger partial charge in [-0.25, -0.2) is 4.98 Å². The summed E-state index contributed by atoms with van der Waals surface area (Å²) in [5.41, 5.74) is 2.13. The first-order chi connectivity index (χ1) is 10.3. The number of aromatic nitrogens is 4. The fraction of sp³-hybridized carbons (Fsp3) is 0.154. The van der Waals surface area contributed by atoms with Crippen molar-refractivity contribution < 1.29 is 14.2 Å². The van der Waals surface area contributed by atoms with E-state index in [1.165, 1.54) is 6.33 Å². The van der Waals surface area contributed by atoms with Gasteiger partial charge in [-0.2, -0.15) is 4.98 Å². The van der Waals surface area contributed by atoms with Crippen molar-refractivity contribution in [3.63, 3.8) is 0 Å². The Hall–Kier alpha value is -2.61. The van der Waals surface area contributed by atoms with E-state index < -0.39 is 0 Å². The molecule has 21 heavy (non-hydrogen) atoms. The van der Waals surface area contributed by atoms with Crippen molar-refractivity contribution in [1.29, 1.82) is 0 Å². The van der Waals surface area contributed by atoms with E-state index in [9.17, 15) is 0 Å². The minimum absolute atomic E-state index is 0.230. The number of hydrogen-bond acceptors (Lipinski definition) is 6. The van der Waals surface area contributed by atoms with Crippen LogP contribution in [0.15, 0.2) is 24.5 Å². The van der Waals surface area contributed by atoms with Crippen molar-refractivity contribution >= 4 is 23.4 Å². The van der Waals surface area contributed by atoms with E-state index in [0.717, 1.165) is 11.4 Å². The van der Waals surface area contributed by atoms with Crippen LogP contribution in [0, 0.1) is 4.77 Å². The van der Waals surface area contributed by atoms with Crippen LogP contribution in [-0.4, -0.2) is 33.4 Å². The van der Waals surface area contributed by atoms with Gasteiger partial charge in [0.15, 0.2) is 21.9 Å². The van der Waals surface area contributed by atoms with Gasteiger partial charge in [0.2, 0.25) is 12.7 Å². The molecule has 0 bridgehead atoms. The summed E-state index contributed by atoms with van der Waals surface area (Å²) < 4.78 is 18.2. The van der Waals surface area contributed by atoms with Gasteiger partial charge in [-0.3, -0.25) is 4.57 Å². The molecule has 0 fully saturated rings. The van der Waals surface area contributed by atoms with Gasteiger partial charge in [0.05, 0.1) is 12.8 Å². The highest BCUT2D eigenvalue weighted by molar-refractivity contribution is 7.71. The van der Waals surface area contributed by atoms with Gasteiger partial charge in [-0.1, -0.05) is 0 Å². The molecule has 1 aliphatic rings. The Morgan fingerprint density at radius 3 is 3.00 bits per heavy atom. The molecule has 1 aliphatic heterocycles. The number of methoxy groups -OCH3 is 1. The molecular weight excluding hydrogens is 292 g/mol. The predicted molar refractivity (Wildman–Crippen MR) is 76.7 cm³/mol. The monoisotopic (exact) mass is 302 g/mol. The van der Waals surface area contributed by atoms with Crippen molar-refractivity contribution in [1.82, 2.24) is 19.5 Å². The number of aromatic amines is 1. The van der Waals surface area contributed by atoms with E-state index in [1.807, 2.05) is 18.2 Å². The lowest BCUT2D eigenvalue weighted by molar-refractivity contribution is 0.174. The predicted octanol–water partition coefficient (Wildman–Crippen LogP) is 2.22. The average Bonchev–Trinajstić information content (AvgIpc) is 3.08. The Labute approximate surface area is 124 Å². The Morgan fingerprint density at radius 1 is 1.29 bits per heavy atom. The molecule has 2 aromatic heterocycles. The van der Waals surface area contributed by atoms with Crippen LogP contribution in [0.25, 0.3) is 16.9 Å². The lowest BCUT2D eigenvalue weighted by atomic mass is 10.3. The maximum Gasteiger partial charge on any atom is 0.242 e. The molecule has 1 aromatic carbocycles. The van der Waals surface area contributed by atoms with E-state index >= 15 is 0 Å². The number of ether oxygens (including phenoxy) is 3. The molecule has 0 aliphatic carbocycles. The normalized spacial score (nSPS) is 12.8. The number of benzene rings is 1. The second-order valence-electron chi connectivity index (χ2n) is 4.38. The quantitative estimate of drug-likeness (QED) is 0.732. The highest BCUT2D eigenvalue weighted by Gasteiger charge is 2.17. The molecular formula is C13H10N4O3S. The highest BCUT2D eigenvalue weighted by Crippen LogP contribution is 2.34. The molecule has 106 valence electrons. The Bertz CT molecular complexity index is 902. The Balaban J connectivity index is 1.98. The maximum atomic E-state index is 5.40. The number of imidazole rings is 1. The molecule has 3 heterocycles. The molecule has 7 nitrogen and oxygen atoms in total. The molecule has 0 saturated carbocycles. The third kappa shape index (κ3) is 1.76. The number of H-pyrrole nitrogens is 1. The summed E-state index contributed by atoms with van der Waals surface area (Å²) in [6.45, 7) is 0.230. The van der Waals surface area contributed by atoms with Gasteiger partial charge in [0.1, 0.15) is 11.8 Å². The number of rotatable bonds is 2. The van der Waals surface area contributed by atoms with Crippen LogP contribution in [0.4, 0.5) is 0 Å². The first kappa shape index (κ1) is 12.2. The van der Waals surface area contributed by atoms with E-state index in [0.29, 0.717) is 27.6 Å². The molecule has 0 unspecified atom stereocenters. The van der Waals surface area contributed by atoms with Crippen molar-refractivity contribution in [2.45, 2.75) is 0 Å². The number of nitrogens with zero attached hydrogens (tertiary/aromatic N) is 3. The number of hydrogen-bond donors (Lipinski definition) is 1. The van der Waals surface area contributed by atoms with E-state index in [4.69, 9.17) is 26.4 Å². The zero-order chi connectivity index (χ0) is 14.4. The van der Waals surface area contributed by atoms with Crippen LogP contribution in [0.2, 0.25) is 0 Å². The first-order valence-corrected chi connectivity index (χ1v) is 6.58. The molecule has 1 N–H and O–H groups in total. The second-order valence-corrected chi connectivity index (χ2v) is 4.77. The fourth-order valence-electron chi connectivity index (χ4n) is 2.32. The lowest BCUT2D eigenvalue weighted by Crippen LogP contribution is -1.97. The molecule has 4 rings (SSSR count). The lowest BCUT2D eigenvalue weighted by Gasteiger charge is -2.05. The van der Waals surface area contributed by atoms with Crippen LogP contribution in [0.3, 0.4) is 0 Å². The minimum atomic E-state index is 0.230. The maximum absolute atomic E-state index is 5.40. The SMILES string of the molecule is COc1ncnc2c1[nH]c(=S)n2-c1ccc2c(c1)OCO2. The minimum Gasteiger partial charge on any atom is -0.479 e. The van der Waals surface area contributed by atoms with Crippen molar-refractivity contribution in [3.05, 3.63) is 29.3 Å². The summed E-state index contributed by atoms with van der Waals surface area (Å²) in [6, 6.07) is 5.60. The van der Waals surface area contributed by atoms with E-state index in [1.54, 1.807) is 11.7 Å². The summed E-state index contributed by atoms with van der Waals surface area (Å²) in [5, 5.41) is 0. The first-order valence-electron chi connectivity index (χ1n) is 6.17. The molecule has 0 saturated heterocycles. The largest absolute Gasteiger partial charge is 0.479 e. The summed E-state index contributed by atoms with van der Waals surface area (Å²) in [7, 11) is 1.55.